The maximum atomic E-state index is 12.4. The SMILES string of the molecule is CC(=O)N(CC(=O)Nc1cc(Cl)cc(Cl)c1)c1ccccc1OC(C)C. The van der Waals surface area contributed by atoms with Crippen LogP contribution >= 0.6 is 23.2 Å². The van der Waals surface area contributed by atoms with Gasteiger partial charge in [-0.3, -0.25) is 14.5 Å². The van der Waals surface area contributed by atoms with Crippen molar-refractivity contribution in [2.45, 2.75) is 26.9 Å². The van der Waals surface area contributed by atoms with Gasteiger partial charge in [-0.2, -0.15) is 0 Å². The molecule has 2 rings (SSSR count). The Balaban J connectivity index is 2.21. The van der Waals surface area contributed by atoms with E-state index >= 15 is 0 Å². The van der Waals surface area contributed by atoms with Gasteiger partial charge in [0.05, 0.1) is 11.8 Å². The Labute approximate surface area is 162 Å². The quantitative estimate of drug-likeness (QED) is 0.767. The molecule has 1 N–H and O–H groups in total. The molecule has 0 unspecified atom stereocenters. The Hall–Kier alpha value is -2.24. The molecule has 0 heterocycles. The zero-order valence-corrected chi connectivity index (χ0v) is 16.3. The molecule has 0 aliphatic carbocycles. The summed E-state index contributed by atoms with van der Waals surface area (Å²) >= 11 is 11.9. The molecule has 0 aliphatic rings. The lowest BCUT2D eigenvalue weighted by Crippen LogP contribution is -2.37. The number of halogens is 2. The molecule has 5 nitrogen and oxygen atoms in total. The zero-order chi connectivity index (χ0) is 19.3. The number of hydrogen-bond acceptors (Lipinski definition) is 3. The first kappa shape index (κ1) is 20.1. The molecule has 0 aromatic heterocycles. The highest BCUT2D eigenvalue weighted by Gasteiger charge is 2.20. The Morgan fingerprint density at radius 3 is 2.31 bits per heavy atom. The number of rotatable bonds is 6. The number of nitrogens with one attached hydrogen (secondary N) is 1. The Morgan fingerprint density at radius 2 is 1.73 bits per heavy atom. The smallest absolute Gasteiger partial charge is 0.244 e. The number of para-hydroxylation sites is 2. The summed E-state index contributed by atoms with van der Waals surface area (Å²) in [6, 6.07) is 11.8. The highest BCUT2D eigenvalue weighted by Crippen LogP contribution is 2.29. The second-order valence-electron chi connectivity index (χ2n) is 5.95. The first-order chi connectivity index (χ1) is 12.3. The highest BCUT2D eigenvalue weighted by molar-refractivity contribution is 6.35. The van der Waals surface area contributed by atoms with E-state index in [2.05, 4.69) is 5.32 Å². The standard InChI is InChI=1S/C19H20Cl2N2O3/c1-12(2)26-18-7-5-4-6-17(18)23(13(3)24)11-19(25)22-16-9-14(20)8-15(21)10-16/h4-10,12H,11H2,1-3H3,(H,22,25). The number of nitrogens with zero attached hydrogens (tertiary/aromatic N) is 1. The Bertz CT molecular complexity index is 789. The van der Waals surface area contributed by atoms with Crippen LogP contribution < -0.4 is 15.0 Å². The molecule has 2 amide bonds. The summed E-state index contributed by atoms with van der Waals surface area (Å²) in [5.74, 6) is -0.113. The van der Waals surface area contributed by atoms with Crippen LogP contribution in [-0.4, -0.2) is 24.5 Å². The van der Waals surface area contributed by atoms with E-state index in [0.717, 1.165) is 0 Å². The molecule has 0 bridgehead atoms. The second-order valence-corrected chi connectivity index (χ2v) is 6.82. The predicted octanol–water partition coefficient (Wildman–Crippen LogP) is 4.77. The lowest BCUT2D eigenvalue weighted by molar-refractivity contribution is -0.120. The number of benzene rings is 2. The third-order valence-corrected chi connectivity index (χ3v) is 3.78. The van der Waals surface area contributed by atoms with Crippen molar-refractivity contribution in [2.24, 2.45) is 0 Å². The summed E-state index contributed by atoms with van der Waals surface area (Å²) in [7, 11) is 0. The first-order valence-electron chi connectivity index (χ1n) is 8.06. The van der Waals surface area contributed by atoms with Crippen molar-refractivity contribution in [1.29, 1.82) is 0 Å². The summed E-state index contributed by atoms with van der Waals surface area (Å²) in [6.07, 6.45) is -0.0626. The van der Waals surface area contributed by atoms with E-state index < -0.39 is 0 Å². The molecule has 2 aromatic rings. The minimum Gasteiger partial charge on any atom is -0.489 e. The number of carbonyl (C=O) groups excluding carboxylic acids is 2. The van der Waals surface area contributed by atoms with Crippen molar-refractivity contribution in [2.75, 3.05) is 16.8 Å². The first-order valence-corrected chi connectivity index (χ1v) is 8.81. The fraction of sp³-hybridized carbons (Fsp3) is 0.263. The number of carbonyl (C=O) groups is 2. The van der Waals surface area contributed by atoms with E-state index in [9.17, 15) is 9.59 Å². The van der Waals surface area contributed by atoms with Crippen LogP contribution in [0.25, 0.3) is 0 Å². The van der Waals surface area contributed by atoms with Gasteiger partial charge in [-0.1, -0.05) is 35.3 Å². The maximum Gasteiger partial charge on any atom is 0.244 e. The molecule has 2 aromatic carbocycles. The molecule has 0 aliphatic heterocycles. The molecule has 0 saturated heterocycles. The van der Waals surface area contributed by atoms with E-state index in [1.807, 2.05) is 19.9 Å². The molecule has 7 heteroatoms. The molecular formula is C19H20Cl2N2O3. The van der Waals surface area contributed by atoms with Crippen molar-refractivity contribution < 1.29 is 14.3 Å². The topological polar surface area (TPSA) is 58.6 Å². The van der Waals surface area contributed by atoms with Crippen LogP contribution in [0.2, 0.25) is 10.0 Å². The van der Waals surface area contributed by atoms with Crippen molar-refractivity contribution in [3.8, 4) is 5.75 Å². The van der Waals surface area contributed by atoms with Crippen LogP contribution in [-0.2, 0) is 9.59 Å². The zero-order valence-electron chi connectivity index (χ0n) is 14.8. The lowest BCUT2D eigenvalue weighted by atomic mass is 10.2. The van der Waals surface area contributed by atoms with Gasteiger partial charge in [-0.15, -0.1) is 0 Å². The average molecular weight is 395 g/mol. The molecule has 0 fully saturated rings. The maximum absolute atomic E-state index is 12.4. The Morgan fingerprint density at radius 1 is 1.12 bits per heavy atom. The van der Waals surface area contributed by atoms with Gasteiger partial charge in [0.25, 0.3) is 0 Å². The van der Waals surface area contributed by atoms with Crippen LogP contribution in [0.1, 0.15) is 20.8 Å². The molecule has 138 valence electrons. The summed E-state index contributed by atoms with van der Waals surface area (Å²) < 4.78 is 5.75. The van der Waals surface area contributed by atoms with Crippen LogP contribution in [0.15, 0.2) is 42.5 Å². The van der Waals surface area contributed by atoms with Crippen LogP contribution in [0, 0.1) is 0 Å². The highest BCUT2D eigenvalue weighted by atomic mass is 35.5. The summed E-state index contributed by atoms with van der Waals surface area (Å²) in [5.41, 5.74) is 0.996. The third-order valence-electron chi connectivity index (χ3n) is 3.35. The van der Waals surface area contributed by atoms with E-state index in [4.69, 9.17) is 27.9 Å². The van der Waals surface area contributed by atoms with Gasteiger partial charge in [-0.05, 0) is 44.2 Å². The predicted molar refractivity (Wildman–Crippen MR) is 105 cm³/mol. The van der Waals surface area contributed by atoms with E-state index in [1.54, 1.807) is 36.4 Å². The summed E-state index contributed by atoms with van der Waals surface area (Å²) in [6.45, 7) is 5.02. The average Bonchev–Trinajstić information content (AvgIpc) is 2.51. The lowest BCUT2D eigenvalue weighted by Gasteiger charge is -2.24. The third kappa shape index (κ3) is 5.64. The normalized spacial score (nSPS) is 10.5. The van der Waals surface area contributed by atoms with Crippen LogP contribution in [0.4, 0.5) is 11.4 Å². The van der Waals surface area contributed by atoms with Gasteiger partial charge in [0.1, 0.15) is 12.3 Å². The van der Waals surface area contributed by atoms with E-state index in [0.29, 0.717) is 27.2 Å². The monoisotopic (exact) mass is 394 g/mol. The molecule has 0 atom stereocenters. The van der Waals surface area contributed by atoms with Crippen molar-refractivity contribution in [3.05, 3.63) is 52.5 Å². The fourth-order valence-corrected chi connectivity index (χ4v) is 2.90. The van der Waals surface area contributed by atoms with Crippen LogP contribution in [0.5, 0.6) is 5.75 Å². The van der Waals surface area contributed by atoms with E-state index in [-0.39, 0.29) is 24.5 Å². The van der Waals surface area contributed by atoms with Gasteiger partial charge in [0.2, 0.25) is 11.8 Å². The van der Waals surface area contributed by atoms with Crippen LogP contribution in [0.3, 0.4) is 0 Å². The summed E-state index contributed by atoms with van der Waals surface area (Å²) in [5, 5.41) is 3.51. The Kier molecular flexibility index (Phi) is 6.89. The van der Waals surface area contributed by atoms with Crippen molar-refractivity contribution in [3.63, 3.8) is 0 Å². The molecule has 0 spiro atoms. The summed E-state index contributed by atoms with van der Waals surface area (Å²) in [4.78, 5) is 25.9. The number of ether oxygens (including phenoxy) is 1. The largest absolute Gasteiger partial charge is 0.489 e. The van der Waals surface area contributed by atoms with Gasteiger partial charge < -0.3 is 10.1 Å². The second kappa shape index (κ2) is 8.92. The minimum atomic E-state index is -0.377. The number of hydrogen-bond donors (Lipinski definition) is 1. The molecule has 26 heavy (non-hydrogen) atoms. The fourth-order valence-electron chi connectivity index (χ4n) is 2.37. The molecular weight excluding hydrogens is 375 g/mol. The number of anilines is 2. The molecule has 0 radical (unpaired) electrons. The van der Waals surface area contributed by atoms with Gasteiger partial charge in [0.15, 0.2) is 0 Å². The minimum absolute atomic E-state index is 0.0626. The van der Waals surface area contributed by atoms with Crippen molar-refractivity contribution >= 4 is 46.4 Å². The van der Waals surface area contributed by atoms with Crippen molar-refractivity contribution in [1.82, 2.24) is 0 Å². The molecule has 0 saturated carbocycles. The van der Waals surface area contributed by atoms with E-state index in [1.165, 1.54) is 11.8 Å². The van der Waals surface area contributed by atoms with Gasteiger partial charge >= 0.3 is 0 Å². The number of amides is 2. The van der Waals surface area contributed by atoms with Gasteiger partial charge in [0, 0.05) is 22.7 Å². The van der Waals surface area contributed by atoms with Gasteiger partial charge in [-0.25, -0.2) is 0 Å².